The van der Waals surface area contributed by atoms with E-state index >= 15 is 0 Å². The largest absolute Gasteiger partial charge is 0.309 e. The molecule has 8 aromatic carbocycles. The van der Waals surface area contributed by atoms with Crippen molar-refractivity contribution >= 4 is 43.6 Å². The molecule has 0 saturated heterocycles. The minimum atomic E-state index is 0.475. The average Bonchev–Trinajstić information content (AvgIpc) is 3.69. The second-order valence-corrected chi connectivity index (χ2v) is 14.9. The first kappa shape index (κ1) is 30.9. The van der Waals surface area contributed by atoms with E-state index in [-0.39, 0.29) is 0 Å². The van der Waals surface area contributed by atoms with Gasteiger partial charge in [0.2, 0.25) is 0 Å². The number of hydrogen-bond donors (Lipinski definition) is 0. The Morgan fingerprint density at radius 3 is 1.76 bits per heavy atom. The van der Waals surface area contributed by atoms with Crippen molar-refractivity contribution in [2.75, 3.05) is 0 Å². The zero-order chi connectivity index (χ0) is 35.6. The summed E-state index contributed by atoms with van der Waals surface area (Å²) < 4.78 is 4.83. The summed E-state index contributed by atoms with van der Waals surface area (Å²) in [7, 11) is 0. The molecule has 0 aliphatic heterocycles. The fraction of sp³-hybridized carbons (Fsp3) is 0.0769. The Morgan fingerprint density at radius 1 is 0.407 bits per heavy atom. The number of nitrogens with zero attached hydrogens (tertiary/aromatic N) is 2. The first-order valence-corrected chi connectivity index (χ1v) is 19.2. The lowest BCUT2D eigenvalue weighted by molar-refractivity contribution is 0.629. The minimum absolute atomic E-state index is 0.475. The summed E-state index contributed by atoms with van der Waals surface area (Å²) in [5.41, 5.74) is 16.8. The number of aromatic nitrogens is 2. The fourth-order valence-electron chi connectivity index (χ4n) is 9.31. The number of para-hydroxylation sites is 3. The molecule has 11 rings (SSSR count). The van der Waals surface area contributed by atoms with Crippen molar-refractivity contribution in [3.05, 3.63) is 205 Å². The number of aryl methyl sites for hydroxylation is 1. The third-order valence-corrected chi connectivity index (χ3v) is 11.8. The quantitative estimate of drug-likeness (QED) is 0.170. The topological polar surface area (TPSA) is 9.86 Å². The van der Waals surface area contributed by atoms with Crippen LogP contribution in [0.1, 0.15) is 29.0 Å². The van der Waals surface area contributed by atoms with Crippen LogP contribution in [-0.4, -0.2) is 9.13 Å². The Labute approximate surface area is 315 Å². The Bertz CT molecular complexity index is 3020. The van der Waals surface area contributed by atoms with Crippen LogP contribution in [0.2, 0.25) is 0 Å². The molecule has 54 heavy (non-hydrogen) atoms. The molecule has 10 aromatic rings. The lowest BCUT2D eigenvalue weighted by Crippen LogP contribution is -2.04. The molecule has 0 N–H and O–H groups in total. The van der Waals surface area contributed by atoms with Crippen LogP contribution in [0.5, 0.6) is 0 Å². The second kappa shape index (κ2) is 12.5. The molecule has 1 unspecified atom stereocenters. The summed E-state index contributed by atoms with van der Waals surface area (Å²) in [6.45, 7) is 0. The molecule has 2 heteroatoms. The van der Waals surface area contributed by atoms with Gasteiger partial charge in [-0.15, -0.1) is 0 Å². The van der Waals surface area contributed by atoms with Gasteiger partial charge in [-0.05, 0) is 125 Å². The number of benzene rings is 8. The first-order chi connectivity index (χ1) is 26.8. The van der Waals surface area contributed by atoms with E-state index in [2.05, 4.69) is 197 Å². The molecule has 1 aliphatic rings. The van der Waals surface area contributed by atoms with Gasteiger partial charge in [-0.25, -0.2) is 0 Å². The number of fused-ring (bicyclic) bond motifs is 9. The van der Waals surface area contributed by atoms with Crippen molar-refractivity contribution in [2.45, 2.75) is 25.2 Å². The third-order valence-electron chi connectivity index (χ3n) is 11.8. The van der Waals surface area contributed by atoms with Gasteiger partial charge in [0, 0.05) is 32.9 Å². The molecule has 256 valence electrons. The van der Waals surface area contributed by atoms with Gasteiger partial charge in [0.15, 0.2) is 0 Å². The van der Waals surface area contributed by atoms with Crippen LogP contribution in [0.4, 0.5) is 0 Å². The maximum Gasteiger partial charge on any atom is 0.0542 e. The smallest absolute Gasteiger partial charge is 0.0542 e. The molecule has 1 atom stereocenters. The van der Waals surface area contributed by atoms with Crippen LogP contribution in [-0.2, 0) is 12.8 Å². The lowest BCUT2D eigenvalue weighted by atomic mass is 9.85. The average molecular weight is 691 g/mol. The highest BCUT2D eigenvalue weighted by molar-refractivity contribution is 6.13. The van der Waals surface area contributed by atoms with Crippen LogP contribution < -0.4 is 0 Å². The zero-order valence-corrected chi connectivity index (χ0v) is 30.0. The molecule has 2 heterocycles. The number of hydrogen-bond acceptors (Lipinski definition) is 0. The molecule has 1 aliphatic carbocycles. The van der Waals surface area contributed by atoms with E-state index in [9.17, 15) is 0 Å². The molecule has 2 nitrogen and oxygen atoms in total. The zero-order valence-electron chi connectivity index (χ0n) is 30.0. The minimum Gasteiger partial charge on any atom is -0.309 e. The monoisotopic (exact) mass is 690 g/mol. The van der Waals surface area contributed by atoms with Crippen LogP contribution in [0.3, 0.4) is 0 Å². The molecular weight excluding hydrogens is 653 g/mol. The first-order valence-electron chi connectivity index (χ1n) is 19.2. The van der Waals surface area contributed by atoms with E-state index in [1.54, 1.807) is 0 Å². The molecule has 0 radical (unpaired) electrons. The predicted octanol–water partition coefficient (Wildman–Crippen LogP) is 13.5. The van der Waals surface area contributed by atoms with Crippen molar-refractivity contribution in [1.29, 1.82) is 0 Å². The van der Waals surface area contributed by atoms with Crippen molar-refractivity contribution < 1.29 is 0 Å². The SMILES string of the molecule is c1ccc(CC2CCc3ccccc3-c3cc(-c4ccc5c(c4)c4ccccc4n5-c4ccc5c(c4)c4ccccc4n5-c4ccccc4)ccc32)cc1. The van der Waals surface area contributed by atoms with Gasteiger partial charge in [0.1, 0.15) is 0 Å². The summed E-state index contributed by atoms with van der Waals surface area (Å²) in [5.74, 6) is 0.475. The Balaban J connectivity index is 1.06. The van der Waals surface area contributed by atoms with E-state index in [1.807, 2.05) is 0 Å². The van der Waals surface area contributed by atoms with Gasteiger partial charge in [0.25, 0.3) is 0 Å². The van der Waals surface area contributed by atoms with Gasteiger partial charge in [-0.3, -0.25) is 0 Å². The highest BCUT2D eigenvalue weighted by Crippen LogP contribution is 2.43. The normalized spacial score (nSPS) is 14.0. The standard InChI is InChI=1S/C52H38N2/c1-3-13-35(14-4-1)31-39-24-23-36-15-7-8-18-42(36)46-32-37(25-28-43(39)46)38-26-29-51-47(33-38)44-19-9-12-22-50(44)54(51)41-27-30-52-48(34-41)45-20-10-11-21-49(45)53(52)40-16-5-2-6-17-40/h1-22,25-30,32-34,39H,23-24,31H2. The Morgan fingerprint density at radius 2 is 0.981 bits per heavy atom. The lowest BCUT2D eigenvalue weighted by Gasteiger charge is -2.19. The maximum absolute atomic E-state index is 2.47. The number of rotatable bonds is 5. The van der Waals surface area contributed by atoms with Crippen LogP contribution in [0, 0.1) is 0 Å². The third kappa shape index (κ3) is 4.94. The summed E-state index contributed by atoms with van der Waals surface area (Å²) in [6, 6.07) is 69.7. The maximum atomic E-state index is 2.47. The van der Waals surface area contributed by atoms with Crippen LogP contribution in [0.15, 0.2) is 188 Å². The van der Waals surface area contributed by atoms with Gasteiger partial charge in [-0.2, -0.15) is 0 Å². The van der Waals surface area contributed by atoms with Gasteiger partial charge < -0.3 is 9.13 Å². The van der Waals surface area contributed by atoms with Crippen molar-refractivity contribution in [3.8, 4) is 33.6 Å². The molecule has 0 spiro atoms. The van der Waals surface area contributed by atoms with Gasteiger partial charge in [-0.1, -0.05) is 127 Å². The highest BCUT2D eigenvalue weighted by Gasteiger charge is 2.24. The molecular formula is C52H38N2. The predicted molar refractivity (Wildman–Crippen MR) is 227 cm³/mol. The van der Waals surface area contributed by atoms with E-state index in [4.69, 9.17) is 0 Å². The molecule has 0 amide bonds. The van der Waals surface area contributed by atoms with Crippen LogP contribution >= 0.6 is 0 Å². The van der Waals surface area contributed by atoms with Gasteiger partial charge >= 0.3 is 0 Å². The molecule has 0 fully saturated rings. The summed E-state index contributed by atoms with van der Waals surface area (Å²) in [6.07, 6.45) is 3.31. The summed E-state index contributed by atoms with van der Waals surface area (Å²) in [4.78, 5) is 0. The Kier molecular flexibility index (Phi) is 7.16. The second-order valence-electron chi connectivity index (χ2n) is 14.9. The van der Waals surface area contributed by atoms with E-state index in [1.165, 1.54) is 93.9 Å². The van der Waals surface area contributed by atoms with E-state index in [0.29, 0.717) is 5.92 Å². The van der Waals surface area contributed by atoms with Crippen molar-refractivity contribution in [3.63, 3.8) is 0 Å². The van der Waals surface area contributed by atoms with E-state index < -0.39 is 0 Å². The fourth-order valence-corrected chi connectivity index (χ4v) is 9.31. The molecule has 2 aromatic heterocycles. The van der Waals surface area contributed by atoms with E-state index in [0.717, 1.165) is 19.3 Å². The molecule has 0 bridgehead atoms. The Hall–Kier alpha value is -6.64. The van der Waals surface area contributed by atoms with Gasteiger partial charge in [0.05, 0.1) is 22.1 Å². The molecule has 0 saturated carbocycles. The van der Waals surface area contributed by atoms with Crippen LogP contribution in [0.25, 0.3) is 77.2 Å². The highest BCUT2D eigenvalue weighted by atomic mass is 15.0. The van der Waals surface area contributed by atoms with Crippen molar-refractivity contribution in [1.82, 2.24) is 9.13 Å². The van der Waals surface area contributed by atoms with Crippen molar-refractivity contribution in [2.24, 2.45) is 0 Å². The summed E-state index contributed by atoms with van der Waals surface area (Å²) in [5, 5.41) is 5.05. The summed E-state index contributed by atoms with van der Waals surface area (Å²) >= 11 is 0.